The molecule has 0 radical (unpaired) electrons. The molecule has 2 N–H and O–H groups in total. The van der Waals surface area contributed by atoms with Gasteiger partial charge in [0.05, 0.1) is 11.0 Å². The fraction of sp³-hybridized carbons (Fsp3) is 0.300. The van der Waals surface area contributed by atoms with Crippen LogP contribution in [-0.4, -0.2) is 24.5 Å². The van der Waals surface area contributed by atoms with Crippen molar-refractivity contribution < 1.29 is 13.2 Å². The molecule has 0 fully saturated rings. The molecule has 0 aliphatic heterocycles. The van der Waals surface area contributed by atoms with E-state index in [1.54, 1.807) is 7.05 Å². The van der Waals surface area contributed by atoms with Crippen molar-refractivity contribution >= 4 is 28.1 Å². The number of fused-ring (bicyclic) bond motifs is 1. The molecule has 0 amide bonds. The van der Waals surface area contributed by atoms with E-state index in [9.17, 15) is 13.2 Å². The van der Waals surface area contributed by atoms with Crippen molar-refractivity contribution in [3.05, 3.63) is 64.1 Å². The van der Waals surface area contributed by atoms with Crippen molar-refractivity contribution in [1.82, 2.24) is 15.6 Å². The number of aliphatic imine (C=N–C) groups is 1. The lowest BCUT2D eigenvalue weighted by molar-refractivity contribution is -0.140. The fourth-order valence-corrected chi connectivity index (χ4v) is 3.75. The average molecular weight is 406 g/mol. The highest BCUT2D eigenvalue weighted by Gasteiger charge is 2.33. The molecule has 8 heteroatoms. The number of aromatic nitrogens is 1. The Labute approximate surface area is 165 Å². The van der Waals surface area contributed by atoms with Gasteiger partial charge in [-0.1, -0.05) is 42.5 Å². The number of alkyl halides is 3. The Bertz CT molecular complexity index is 960. The second-order valence-electron chi connectivity index (χ2n) is 6.31. The summed E-state index contributed by atoms with van der Waals surface area (Å²) in [6.07, 6.45) is -4.00. The number of guanidine groups is 1. The third kappa shape index (κ3) is 4.81. The van der Waals surface area contributed by atoms with Gasteiger partial charge in [-0.3, -0.25) is 4.99 Å². The van der Waals surface area contributed by atoms with E-state index in [4.69, 9.17) is 0 Å². The number of nitrogens with one attached hydrogen (secondary N) is 2. The van der Waals surface area contributed by atoms with Gasteiger partial charge in [-0.05, 0) is 23.3 Å². The van der Waals surface area contributed by atoms with Crippen LogP contribution in [0.3, 0.4) is 0 Å². The molecule has 1 atom stereocenters. The zero-order valence-corrected chi connectivity index (χ0v) is 16.4. The maximum atomic E-state index is 12.6. The molecule has 1 unspecified atom stereocenters. The lowest BCUT2D eigenvalue weighted by Crippen LogP contribution is -2.39. The molecule has 3 aromatic rings. The van der Waals surface area contributed by atoms with E-state index in [0.29, 0.717) is 23.9 Å². The summed E-state index contributed by atoms with van der Waals surface area (Å²) in [6.45, 7) is 2.48. The Kier molecular flexibility index (Phi) is 6.18. The molecule has 0 saturated carbocycles. The SMILES string of the molecule is CN=C(NCCc1nc(C(F)(F)F)cs1)NC(C)c1cccc2ccccc12. The first kappa shape index (κ1) is 20.1. The van der Waals surface area contributed by atoms with E-state index in [-0.39, 0.29) is 6.04 Å². The number of hydrogen-bond acceptors (Lipinski definition) is 3. The van der Waals surface area contributed by atoms with E-state index >= 15 is 0 Å². The molecule has 28 heavy (non-hydrogen) atoms. The Balaban J connectivity index is 1.59. The molecular weight excluding hydrogens is 385 g/mol. The fourth-order valence-electron chi connectivity index (χ4n) is 2.95. The van der Waals surface area contributed by atoms with E-state index in [0.717, 1.165) is 22.3 Å². The highest BCUT2D eigenvalue weighted by atomic mass is 32.1. The van der Waals surface area contributed by atoms with Gasteiger partial charge in [-0.2, -0.15) is 13.2 Å². The van der Waals surface area contributed by atoms with Gasteiger partial charge in [0.2, 0.25) is 0 Å². The molecule has 2 aromatic carbocycles. The predicted octanol–water partition coefficient (Wildman–Crippen LogP) is 4.78. The zero-order chi connectivity index (χ0) is 20.1. The third-order valence-corrected chi connectivity index (χ3v) is 5.25. The summed E-state index contributed by atoms with van der Waals surface area (Å²) in [6, 6.07) is 14.3. The molecule has 0 spiro atoms. The van der Waals surface area contributed by atoms with Crippen LogP contribution >= 0.6 is 11.3 Å². The highest BCUT2D eigenvalue weighted by molar-refractivity contribution is 7.09. The summed E-state index contributed by atoms with van der Waals surface area (Å²) in [7, 11) is 1.66. The van der Waals surface area contributed by atoms with Crippen molar-refractivity contribution in [2.24, 2.45) is 4.99 Å². The summed E-state index contributed by atoms with van der Waals surface area (Å²) in [5, 5.41) is 10.3. The van der Waals surface area contributed by atoms with Gasteiger partial charge in [0.1, 0.15) is 0 Å². The van der Waals surface area contributed by atoms with Gasteiger partial charge in [-0.15, -0.1) is 11.3 Å². The molecule has 0 saturated heterocycles. The normalized spacial score (nSPS) is 13.5. The standard InChI is InChI=1S/C20H21F3N4S/c1-13(15-9-5-7-14-6-3-4-8-16(14)15)26-19(24-2)25-11-10-18-27-17(12-28-18)20(21,22)23/h3-9,12-13H,10-11H2,1-2H3,(H2,24,25,26). The van der Waals surface area contributed by atoms with Crippen LogP contribution in [0, 0.1) is 0 Å². The third-order valence-electron chi connectivity index (χ3n) is 4.34. The first-order valence-electron chi connectivity index (χ1n) is 8.85. The molecule has 4 nitrogen and oxygen atoms in total. The molecule has 1 aromatic heterocycles. The molecule has 0 aliphatic rings. The number of rotatable bonds is 5. The van der Waals surface area contributed by atoms with Crippen molar-refractivity contribution in [3.63, 3.8) is 0 Å². The largest absolute Gasteiger partial charge is 0.434 e. The van der Waals surface area contributed by atoms with Crippen molar-refractivity contribution in [3.8, 4) is 0 Å². The first-order chi connectivity index (χ1) is 13.4. The summed E-state index contributed by atoms with van der Waals surface area (Å²) < 4.78 is 37.9. The topological polar surface area (TPSA) is 49.3 Å². The van der Waals surface area contributed by atoms with E-state index in [2.05, 4.69) is 44.9 Å². The molecule has 0 bridgehead atoms. The number of benzene rings is 2. The summed E-state index contributed by atoms with van der Waals surface area (Å²) in [5.41, 5.74) is 0.315. The summed E-state index contributed by atoms with van der Waals surface area (Å²) in [5.74, 6) is 0.591. The minimum absolute atomic E-state index is 0.00833. The van der Waals surface area contributed by atoms with Gasteiger partial charge in [0.15, 0.2) is 11.7 Å². The first-order valence-corrected chi connectivity index (χ1v) is 9.73. The second kappa shape index (κ2) is 8.60. The lowest BCUT2D eigenvalue weighted by atomic mass is 10.00. The number of nitrogens with zero attached hydrogens (tertiary/aromatic N) is 2. The van der Waals surface area contributed by atoms with Crippen LogP contribution in [0.4, 0.5) is 13.2 Å². The number of thiazole rings is 1. The van der Waals surface area contributed by atoms with E-state index in [1.807, 2.05) is 25.1 Å². The minimum Gasteiger partial charge on any atom is -0.356 e. The van der Waals surface area contributed by atoms with Crippen molar-refractivity contribution in [2.45, 2.75) is 25.6 Å². The summed E-state index contributed by atoms with van der Waals surface area (Å²) in [4.78, 5) is 7.85. The van der Waals surface area contributed by atoms with Crippen LogP contribution in [0.5, 0.6) is 0 Å². The van der Waals surface area contributed by atoms with Crippen molar-refractivity contribution in [2.75, 3.05) is 13.6 Å². The molecular formula is C20H21F3N4S. The molecule has 0 aliphatic carbocycles. The maximum Gasteiger partial charge on any atom is 0.434 e. The van der Waals surface area contributed by atoms with Crippen LogP contribution in [0.1, 0.15) is 29.2 Å². The van der Waals surface area contributed by atoms with Crippen LogP contribution in [-0.2, 0) is 12.6 Å². The smallest absolute Gasteiger partial charge is 0.356 e. The van der Waals surface area contributed by atoms with Gasteiger partial charge < -0.3 is 10.6 Å². The van der Waals surface area contributed by atoms with Crippen LogP contribution in [0.15, 0.2) is 52.8 Å². The van der Waals surface area contributed by atoms with Gasteiger partial charge in [-0.25, -0.2) is 4.98 Å². The van der Waals surface area contributed by atoms with Crippen molar-refractivity contribution in [1.29, 1.82) is 0 Å². The highest BCUT2D eigenvalue weighted by Crippen LogP contribution is 2.30. The summed E-state index contributed by atoms with van der Waals surface area (Å²) >= 11 is 1.02. The number of halogens is 3. The molecule has 1 heterocycles. The number of hydrogen-bond donors (Lipinski definition) is 2. The molecule has 148 valence electrons. The predicted molar refractivity (Wildman–Crippen MR) is 108 cm³/mol. The Morgan fingerprint density at radius 1 is 1.18 bits per heavy atom. The van der Waals surface area contributed by atoms with E-state index in [1.165, 1.54) is 10.8 Å². The van der Waals surface area contributed by atoms with Gasteiger partial charge in [0, 0.05) is 25.4 Å². The Morgan fingerprint density at radius 3 is 2.64 bits per heavy atom. The monoisotopic (exact) mass is 406 g/mol. The average Bonchev–Trinajstić information content (AvgIpc) is 3.16. The quantitative estimate of drug-likeness (QED) is 0.473. The maximum absolute atomic E-state index is 12.6. The Morgan fingerprint density at radius 2 is 1.93 bits per heavy atom. The second-order valence-corrected chi connectivity index (χ2v) is 7.25. The van der Waals surface area contributed by atoms with Gasteiger partial charge in [0.25, 0.3) is 0 Å². The van der Waals surface area contributed by atoms with Gasteiger partial charge >= 0.3 is 6.18 Å². The lowest BCUT2D eigenvalue weighted by Gasteiger charge is -2.19. The van der Waals surface area contributed by atoms with Crippen LogP contribution in [0.25, 0.3) is 10.8 Å². The minimum atomic E-state index is -4.40. The van der Waals surface area contributed by atoms with Crippen LogP contribution < -0.4 is 10.6 Å². The Hall–Kier alpha value is -2.61. The van der Waals surface area contributed by atoms with E-state index < -0.39 is 11.9 Å². The molecule has 3 rings (SSSR count). The van der Waals surface area contributed by atoms with Crippen LogP contribution in [0.2, 0.25) is 0 Å². The zero-order valence-electron chi connectivity index (χ0n) is 15.5.